The summed E-state index contributed by atoms with van der Waals surface area (Å²) in [5, 5.41) is 12.7. The van der Waals surface area contributed by atoms with Gasteiger partial charge in [-0.25, -0.2) is 9.97 Å². The third-order valence-electron chi connectivity index (χ3n) is 6.78. The minimum absolute atomic E-state index is 0.0222. The lowest BCUT2D eigenvalue weighted by Gasteiger charge is -2.26. The molecule has 192 valence electrons. The van der Waals surface area contributed by atoms with Gasteiger partial charge in [-0.3, -0.25) is 14.4 Å². The van der Waals surface area contributed by atoms with Crippen LogP contribution in [0.2, 0.25) is 5.02 Å². The number of rotatable bonds is 8. The molecule has 5 rings (SSSR count). The van der Waals surface area contributed by atoms with Gasteiger partial charge >= 0.3 is 5.97 Å². The minimum Gasteiger partial charge on any atom is -0.481 e. The molecule has 4 aromatic rings. The number of nitrogens with one attached hydrogen (secondary N) is 1. The fourth-order valence-electron chi connectivity index (χ4n) is 4.86. The van der Waals surface area contributed by atoms with Crippen molar-refractivity contribution in [3.63, 3.8) is 0 Å². The van der Waals surface area contributed by atoms with Gasteiger partial charge in [0.2, 0.25) is 0 Å². The van der Waals surface area contributed by atoms with Crippen LogP contribution in [0.1, 0.15) is 70.1 Å². The van der Waals surface area contributed by atoms with E-state index in [4.69, 9.17) is 21.7 Å². The van der Waals surface area contributed by atoms with Gasteiger partial charge < -0.3 is 10.4 Å². The lowest BCUT2D eigenvalue weighted by Crippen LogP contribution is -2.31. The number of aliphatic carboxylic acids is 1. The first-order valence-corrected chi connectivity index (χ1v) is 13.0. The van der Waals surface area contributed by atoms with Crippen LogP contribution in [0, 0.1) is 0 Å². The molecule has 1 aliphatic carbocycles. The zero-order chi connectivity index (χ0) is 26.6. The van der Waals surface area contributed by atoms with Crippen LogP contribution in [0.3, 0.4) is 0 Å². The lowest BCUT2D eigenvalue weighted by molar-refractivity contribution is -0.137. The number of carboxylic acids is 1. The Hall–Kier alpha value is -4.10. The number of hydrogen-bond acceptors (Lipinski definition) is 5. The SMILES string of the molecule is O=C(O)CCCC(=O)c1nc2cc(C(=O)N[C@@H]3CCCc4ccccc43)ccc2nc1-c1ccc(Cl)cc1. The highest BCUT2D eigenvalue weighted by atomic mass is 35.5. The topological polar surface area (TPSA) is 109 Å². The monoisotopic (exact) mass is 527 g/mol. The van der Waals surface area contributed by atoms with Crippen LogP contribution >= 0.6 is 11.6 Å². The molecule has 1 aliphatic rings. The maximum Gasteiger partial charge on any atom is 0.303 e. The Kier molecular flexibility index (Phi) is 7.47. The number of amides is 1. The summed E-state index contributed by atoms with van der Waals surface area (Å²) in [7, 11) is 0. The first kappa shape index (κ1) is 25.5. The highest BCUT2D eigenvalue weighted by molar-refractivity contribution is 6.30. The van der Waals surface area contributed by atoms with Gasteiger partial charge in [0.1, 0.15) is 11.4 Å². The largest absolute Gasteiger partial charge is 0.481 e. The van der Waals surface area contributed by atoms with Crippen molar-refractivity contribution in [2.75, 3.05) is 0 Å². The molecular weight excluding hydrogens is 502 g/mol. The van der Waals surface area contributed by atoms with E-state index in [1.54, 1.807) is 42.5 Å². The fraction of sp³-hybridized carbons (Fsp3) is 0.233. The predicted molar refractivity (Wildman–Crippen MR) is 145 cm³/mol. The maximum atomic E-state index is 13.2. The molecule has 0 spiro atoms. The van der Waals surface area contributed by atoms with Gasteiger partial charge in [-0.15, -0.1) is 0 Å². The van der Waals surface area contributed by atoms with E-state index in [0.29, 0.717) is 32.9 Å². The number of benzene rings is 3. The van der Waals surface area contributed by atoms with Crippen LogP contribution in [0.4, 0.5) is 0 Å². The van der Waals surface area contributed by atoms with Gasteiger partial charge in [0, 0.05) is 29.0 Å². The molecule has 1 atom stereocenters. The van der Waals surface area contributed by atoms with Crippen LogP contribution in [0.15, 0.2) is 66.7 Å². The summed E-state index contributed by atoms with van der Waals surface area (Å²) in [4.78, 5) is 46.6. The van der Waals surface area contributed by atoms with E-state index in [2.05, 4.69) is 22.4 Å². The number of carbonyl (C=O) groups is 3. The molecule has 0 aliphatic heterocycles. The van der Waals surface area contributed by atoms with Gasteiger partial charge in [-0.1, -0.05) is 48.0 Å². The quantitative estimate of drug-likeness (QED) is 0.264. The number of hydrogen-bond donors (Lipinski definition) is 2. The Labute approximate surface area is 224 Å². The molecule has 1 heterocycles. The molecule has 0 fully saturated rings. The molecule has 7 nitrogen and oxygen atoms in total. The zero-order valence-corrected chi connectivity index (χ0v) is 21.4. The molecular formula is C30H26ClN3O4. The average molecular weight is 528 g/mol. The zero-order valence-electron chi connectivity index (χ0n) is 20.6. The van der Waals surface area contributed by atoms with Crippen molar-refractivity contribution >= 4 is 40.3 Å². The van der Waals surface area contributed by atoms with Gasteiger partial charge in [0.05, 0.1) is 17.1 Å². The Morgan fingerprint density at radius 2 is 1.74 bits per heavy atom. The Morgan fingerprint density at radius 1 is 0.947 bits per heavy atom. The Bertz CT molecular complexity index is 1530. The van der Waals surface area contributed by atoms with E-state index in [0.717, 1.165) is 24.8 Å². The van der Waals surface area contributed by atoms with E-state index in [1.807, 2.05) is 12.1 Å². The van der Waals surface area contributed by atoms with E-state index in [1.165, 1.54) is 5.56 Å². The van der Waals surface area contributed by atoms with Crippen LogP contribution in [0.5, 0.6) is 0 Å². The average Bonchev–Trinajstić information content (AvgIpc) is 2.92. The van der Waals surface area contributed by atoms with Crippen molar-refractivity contribution < 1.29 is 19.5 Å². The highest BCUT2D eigenvalue weighted by Crippen LogP contribution is 2.30. The number of aryl methyl sites for hydroxylation is 1. The summed E-state index contributed by atoms with van der Waals surface area (Å²) >= 11 is 6.04. The van der Waals surface area contributed by atoms with Gasteiger partial charge in [-0.05, 0) is 67.1 Å². The lowest BCUT2D eigenvalue weighted by atomic mass is 9.87. The number of nitrogens with zero attached hydrogens (tertiary/aromatic N) is 2. The summed E-state index contributed by atoms with van der Waals surface area (Å²) in [6.45, 7) is 0. The van der Waals surface area contributed by atoms with Crippen molar-refractivity contribution in [3.05, 3.63) is 94.1 Å². The summed E-state index contributed by atoms with van der Waals surface area (Å²) in [6, 6.07) is 20.1. The summed E-state index contributed by atoms with van der Waals surface area (Å²) in [6.07, 6.45) is 2.99. The summed E-state index contributed by atoms with van der Waals surface area (Å²) in [5.74, 6) is -1.48. The normalized spacial score (nSPS) is 14.6. The third-order valence-corrected chi connectivity index (χ3v) is 7.03. The first-order chi connectivity index (χ1) is 18.4. The fourth-order valence-corrected chi connectivity index (χ4v) is 4.99. The van der Waals surface area contributed by atoms with E-state index in [9.17, 15) is 14.4 Å². The van der Waals surface area contributed by atoms with E-state index >= 15 is 0 Å². The van der Waals surface area contributed by atoms with E-state index in [-0.39, 0.29) is 42.7 Å². The molecule has 0 radical (unpaired) electrons. The number of carboxylic acid groups (broad SMARTS) is 1. The van der Waals surface area contributed by atoms with Crippen LogP contribution in [-0.4, -0.2) is 32.7 Å². The van der Waals surface area contributed by atoms with Crippen molar-refractivity contribution in [2.45, 2.75) is 44.6 Å². The van der Waals surface area contributed by atoms with Crippen molar-refractivity contribution in [1.29, 1.82) is 0 Å². The Morgan fingerprint density at radius 3 is 2.53 bits per heavy atom. The summed E-state index contributed by atoms with van der Waals surface area (Å²) < 4.78 is 0. The van der Waals surface area contributed by atoms with Crippen molar-refractivity contribution in [1.82, 2.24) is 15.3 Å². The number of Topliss-reactive ketones (excluding diaryl/α,β-unsaturated/α-hetero) is 1. The third kappa shape index (κ3) is 5.58. The number of aromatic nitrogens is 2. The molecule has 1 aromatic heterocycles. The van der Waals surface area contributed by atoms with Gasteiger partial charge in [-0.2, -0.15) is 0 Å². The van der Waals surface area contributed by atoms with Crippen LogP contribution < -0.4 is 5.32 Å². The second kappa shape index (κ2) is 11.1. The molecule has 0 unspecified atom stereocenters. The minimum atomic E-state index is -0.962. The molecule has 38 heavy (non-hydrogen) atoms. The molecule has 3 aromatic carbocycles. The molecule has 2 N–H and O–H groups in total. The predicted octanol–water partition coefficient (Wildman–Crippen LogP) is 6.20. The molecule has 0 saturated heterocycles. The number of halogens is 1. The smallest absolute Gasteiger partial charge is 0.303 e. The second-order valence-corrected chi connectivity index (χ2v) is 9.86. The number of carbonyl (C=O) groups excluding carboxylic acids is 2. The van der Waals surface area contributed by atoms with Crippen molar-refractivity contribution in [3.8, 4) is 11.3 Å². The van der Waals surface area contributed by atoms with Crippen LogP contribution in [0.25, 0.3) is 22.3 Å². The van der Waals surface area contributed by atoms with Gasteiger partial charge in [0.25, 0.3) is 5.91 Å². The summed E-state index contributed by atoms with van der Waals surface area (Å²) in [5.41, 5.74) is 5.00. The number of fused-ring (bicyclic) bond motifs is 2. The Balaban J connectivity index is 1.47. The standard InChI is InChI=1S/C30H26ClN3O4/c31-21-14-11-19(12-15-21)28-29(26(35)9-4-10-27(36)37)33-25-17-20(13-16-24(25)32-28)30(38)34-23-8-3-6-18-5-1-2-7-22(18)23/h1-2,5,7,11-17,23H,3-4,6,8-10H2,(H,34,38)(H,36,37)/t23-/m1/s1. The highest BCUT2D eigenvalue weighted by Gasteiger charge is 2.23. The van der Waals surface area contributed by atoms with Crippen LogP contribution in [-0.2, 0) is 11.2 Å². The van der Waals surface area contributed by atoms with E-state index < -0.39 is 5.97 Å². The van der Waals surface area contributed by atoms with Crippen molar-refractivity contribution in [2.24, 2.45) is 0 Å². The maximum absolute atomic E-state index is 13.2. The molecule has 1 amide bonds. The first-order valence-electron chi connectivity index (χ1n) is 12.6. The number of ketones is 1. The molecule has 0 saturated carbocycles. The molecule has 8 heteroatoms. The second-order valence-electron chi connectivity index (χ2n) is 9.42. The van der Waals surface area contributed by atoms with Gasteiger partial charge in [0.15, 0.2) is 5.78 Å². The molecule has 0 bridgehead atoms.